The molecule has 36 heavy (non-hydrogen) atoms. The van der Waals surface area contributed by atoms with Gasteiger partial charge >= 0.3 is 0 Å². The Morgan fingerprint density at radius 1 is 0.444 bits per heavy atom. The summed E-state index contributed by atoms with van der Waals surface area (Å²) in [5, 5.41) is 0. The molecular weight excluding hydrogens is 469 g/mol. The van der Waals surface area contributed by atoms with Crippen molar-refractivity contribution in [2.45, 2.75) is 129 Å². The lowest BCUT2D eigenvalue weighted by atomic mass is 10.0. The first-order valence-electron chi connectivity index (χ1n) is 14.5. The van der Waals surface area contributed by atoms with Crippen molar-refractivity contribution in [3.8, 4) is 0 Å². The number of nitrogens with one attached hydrogen (secondary N) is 2. The fourth-order valence-corrected chi connectivity index (χ4v) is 18.5. The molecule has 0 heterocycles. The first-order valence-corrected chi connectivity index (χ1v) is 19.0. The lowest BCUT2D eigenvalue weighted by Crippen LogP contribution is -2.52. The summed E-state index contributed by atoms with van der Waals surface area (Å²) in [6.45, 7) is 29.1. The first-order chi connectivity index (χ1) is 16.8. The van der Waals surface area contributed by atoms with Gasteiger partial charge in [0.2, 0.25) is 0 Å². The molecule has 0 saturated heterocycles. The molecule has 0 radical (unpaired) electrons. The summed E-state index contributed by atoms with van der Waals surface area (Å²) in [6.07, 6.45) is 2.11. The van der Waals surface area contributed by atoms with Gasteiger partial charge < -0.3 is 9.96 Å². The minimum absolute atomic E-state index is 0.677. The predicted octanol–water partition coefficient (Wildman–Crippen LogP) is 10.6. The van der Waals surface area contributed by atoms with Gasteiger partial charge in [-0.05, 0) is 69.3 Å². The third kappa shape index (κ3) is 6.30. The van der Waals surface area contributed by atoms with Gasteiger partial charge in [0.25, 0.3) is 0 Å². The van der Waals surface area contributed by atoms with Crippen molar-refractivity contribution >= 4 is 27.8 Å². The van der Waals surface area contributed by atoms with Gasteiger partial charge in [-0.15, -0.1) is 0 Å². The molecule has 2 nitrogen and oxygen atoms in total. The highest BCUT2D eigenvalue weighted by Gasteiger charge is 2.44. The van der Waals surface area contributed by atoms with E-state index in [4.69, 9.17) is 0 Å². The Morgan fingerprint density at radius 2 is 0.694 bits per heavy atom. The van der Waals surface area contributed by atoms with E-state index in [1.165, 1.54) is 22.5 Å². The van der Waals surface area contributed by atoms with E-state index >= 15 is 0 Å². The van der Waals surface area contributed by atoms with E-state index in [2.05, 4.69) is 142 Å². The SMILES string of the molecule is CC(C)[Si](Nc1ccccc1CCc1ccccc1N[Si](C(C)C)(C(C)C)C(C)C)(C(C)C)C(C)C. The third-order valence-electron chi connectivity index (χ3n) is 9.13. The molecule has 2 aromatic rings. The summed E-state index contributed by atoms with van der Waals surface area (Å²) in [5.74, 6) is 0. The smallest absolute Gasteiger partial charge is 0.161 e. The van der Waals surface area contributed by atoms with E-state index in [1.54, 1.807) is 0 Å². The second kappa shape index (κ2) is 12.8. The number of hydrogen-bond acceptors (Lipinski definition) is 2. The maximum absolute atomic E-state index is 4.22. The zero-order valence-corrected chi connectivity index (χ0v) is 27.5. The van der Waals surface area contributed by atoms with Crippen molar-refractivity contribution in [2.24, 2.45) is 0 Å². The molecule has 2 N–H and O–H groups in total. The van der Waals surface area contributed by atoms with Crippen molar-refractivity contribution in [1.29, 1.82) is 0 Å². The van der Waals surface area contributed by atoms with Crippen LogP contribution in [0.25, 0.3) is 0 Å². The van der Waals surface area contributed by atoms with E-state index in [1.807, 2.05) is 0 Å². The van der Waals surface area contributed by atoms with Gasteiger partial charge in [0.15, 0.2) is 16.5 Å². The highest BCUT2D eigenvalue weighted by molar-refractivity contribution is 6.86. The molecule has 4 heteroatoms. The molecule has 0 unspecified atom stereocenters. The molecule has 0 amide bonds. The van der Waals surface area contributed by atoms with Gasteiger partial charge in [-0.3, -0.25) is 0 Å². The lowest BCUT2D eigenvalue weighted by molar-refractivity contribution is 0.819. The molecule has 2 rings (SSSR count). The average Bonchev–Trinajstić information content (AvgIpc) is 2.79. The maximum atomic E-state index is 4.22. The quantitative estimate of drug-likeness (QED) is 0.255. The van der Waals surface area contributed by atoms with Crippen LogP contribution in [0.2, 0.25) is 33.2 Å². The third-order valence-corrected chi connectivity index (χ3v) is 22.0. The summed E-state index contributed by atoms with van der Waals surface area (Å²) in [4.78, 5) is 8.45. The molecule has 0 fully saturated rings. The van der Waals surface area contributed by atoms with Crippen LogP contribution in [-0.2, 0) is 12.8 Å². The molecule has 202 valence electrons. The van der Waals surface area contributed by atoms with Crippen LogP contribution >= 0.6 is 0 Å². The van der Waals surface area contributed by atoms with Crippen LogP contribution in [0.3, 0.4) is 0 Å². The molecule has 2 aromatic carbocycles. The summed E-state index contributed by atoms with van der Waals surface area (Å²) in [7, 11) is -3.49. The number of benzene rings is 2. The number of hydrogen-bond donors (Lipinski definition) is 2. The van der Waals surface area contributed by atoms with Gasteiger partial charge in [0.05, 0.1) is 0 Å². The van der Waals surface area contributed by atoms with E-state index in [0.717, 1.165) is 12.8 Å². The van der Waals surface area contributed by atoms with Crippen LogP contribution in [0.5, 0.6) is 0 Å². The van der Waals surface area contributed by atoms with Crippen LogP contribution < -0.4 is 9.96 Å². The molecule has 0 aliphatic rings. The topological polar surface area (TPSA) is 24.1 Å². The zero-order valence-electron chi connectivity index (χ0n) is 25.5. The van der Waals surface area contributed by atoms with Crippen LogP contribution in [0.15, 0.2) is 48.5 Å². The summed E-state index contributed by atoms with van der Waals surface area (Å²) < 4.78 is 0. The Balaban J connectivity index is 2.38. The van der Waals surface area contributed by atoms with Gasteiger partial charge in [0.1, 0.15) is 0 Å². The number of para-hydroxylation sites is 2. The Bertz CT molecular complexity index is 826. The number of rotatable bonds is 13. The fourth-order valence-electron chi connectivity index (χ4n) is 7.32. The molecular formula is C32H56N2Si2. The lowest BCUT2D eigenvalue weighted by Gasteiger charge is -2.44. The Hall–Kier alpha value is -1.53. The molecule has 0 atom stereocenters. The minimum Gasteiger partial charge on any atom is -0.409 e. The highest BCUT2D eigenvalue weighted by atomic mass is 28.3. The normalized spacial score (nSPS) is 13.1. The number of aryl methyl sites for hydroxylation is 2. The fraction of sp³-hybridized carbons (Fsp3) is 0.625. The largest absolute Gasteiger partial charge is 0.409 e. The van der Waals surface area contributed by atoms with Crippen molar-refractivity contribution in [1.82, 2.24) is 0 Å². The highest BCUT2D eigenvalue weighted by Crippen LogP contribution is 2.43. The molecule has 0 spiro atoms. The van der Waals surface area contributed by atoms with Crippen molar-refractivity contribution in [3.05, 3.63) is 59.7 Å². The first kappa shape index (κ1) is 30.7. The zero-order chi connectivity index (χ0) is 27.3. The van der Waals surface area contributed by atoms with E-state index in [0.29, 0.717) is 33.2 Å². The summed E-state index contributed by atoms with van der Waals surface area (Å²) in [6, 6.07) is 18.2. The second-order valence-electron chi connectivity index (χ2n) is 12.9. The minimum atomic E-state index is -1.75. The van der Waals surface area contributed by atoms with Crippen molar-refractivity contribution < 1.29 is 0 Å². The number of anilines is 2. The maximum Gasteiger partial charge on any atom is 0.161 e. The molecule has 0 aromatic heterocycles. The van der Waals surface area contributed by atoms with Gasteiger partial charge in [-0.1, -0.05) is 119 Å². The molecule has 0 bridgehead atoms. The predicted molar refractivity (Wildman–Crippen MR) is 170 cm³/mol. The molecule has 0 saturated carbocycles. The summed E-state index contributed by atoms with van der Waals surface area (Å²) in [5.41, 5.74) is 9.69. The Labute approximate surface area is 226 Å². The van der Waals surface area contributed by atoms with Crippen LogP contribution in [-0.4, -0.2) is 16.5 Å². The van der Waals surface area contributed by atoms with E-state index in [-0.39, 0.29) is 0 Å². The monoisotopic (exact) mass is 524 g/mol. The van der Waals surface area contributed by atoms with E-state index in [9.17, 15) is 0 Å². The van der Waals surface area contributed by atoms with Crippen molar-refractivity contribution in [2.75, 3.05) is 9.96 Å². The van der Waals surface area contributed by atoms with Crippen LogP contribution in [0.4, 0.5) is 11.4 Å². The van der Waals surface area contributed by atoms with Gasteiger partial charge in [-0.25, -0.2) is 0 Å². The van der Waals surface area contributed by atoms with Crippen molar-refractivity contribution in [3.63, 3.8) is 0 Å². The standard InChI is InChI=1S/C32H56N2Si2/c1-23(2)35(24(3)4,25(5)6)33-31-19-15-13-17-29(31)21-22-30-18-14-16-20-32(30)34-36(26(7)8,27(9)10)28(11)12/h13-20,23-28,33-34H,21-22H2,1-12H3. The van der Waals surface area contributed by atoms with E-state index < -0.39 is 16.5 Å². The second-order valence-corrected chi connectivity index (χ2v) is 24.0. The average molecular weight is 525 g/mol. The van der Waals surface area contributed by atoms with Gasteiger partial charge in [0, 0.05) is 11.4 Å². The Morgan fingerprint density at radius 3 is 0.944 bits per heavy atom. The van der Waals surface area contributed by atoms with Crippen LogP contribution in [0.1, 0.15) is 94.2 Å². The Kier molecular flexibility index (Phi) is 10.9. The molecule has 0 aliphatic heterocycles. The molecule has 0 aliphatic carbocycles. The van der Waals surface area contributed by atoms with Gasteiger partial charge in [-0.2, -0.15) is 0 Å². The van der Waals surface area contributed by atoms with Crippen LogP contribution in [0, 0.1) is 0 Å². The summed E-state index contributed by atoms with van der Waals surface area (Å²) >= 11 is 0.